The van der Waals surface area contributed by atoms with E-state index in [4.69, 9.17) is 0 Å². The van der Waals surface area contributed by atoms with Gasteiger partial charge in [0.2, 0.25) is 0 Å². The second kappa shape index (κ2) is 6.27. The van der Waals surface area contributed by atoms with E-state index >= 15 is 0 Å². The molecule has 3 rings (SSSR count). The van der Waals surface area contributed by atoms with Gasteiger partial charge in [0.05, 0.1) is 0 Å². The van der Waals surface area contributed by atoms with Crippen LogP contribution in [0.1, 0.15) is 13.8 Å². The van der Waals surface area contributed by atoms with Crippen LogP contribution in [0.2, 0.25) is 0 Å². The van der Waals surface area contributed by atoms with Gasteiger partial charge >= 0.3 is 0 Å². The number of anilines is 1. The van der Waals surface area contributed by atoms with E-state index in [9.17, 15) is 5.11 Å². The molecule has 0 bridgehead atoms. The minimum atomic E-state index is 0.117. The van der Waals surface area contributed by atoms with Crippen LogP contribution in [0, 0.1) is 5.92 Å². The molecule has 0 spiro atoms. The van der Waals surface area contributed by atoms with Gasteiger partial charge in [-0.1, -0.05) is 13.8 Å². The van der Waals surface area contributed by atoms with Gasteiger partial charge in [-0.25, -0.2) is 0 Å². The minimum absolute atomic E-state index is 0.117. The fourth-order valence-corrected chi connectivity index (χ4v) is 2.65. The summed E-state index contributed by atoms with van der Waals surface area (Å²) in [4.78, 5) is 6.40. The molecule has 1 aliphatic rings. The monoisotopic (exact) mass is 299 g/mol. The van der Waals surface area contributed by atoms with Gasteiger partial charge in [0.25, 0.3) is 0 Å². The molecule has 0 aromatic carbocycles. The molecule has 1 atom stereocenters. The molecular weight excluding hydrogens is 278 g/mol. The molecule has 2 aromatic heterocycles. The van der Waals surface area contributed by atoms with E-state index < -0.39 is 0 Å². The van der Waals surface area contributed by atoms with Crippen LogP contribution in [0.15, 0.2) is 30.5 Å². The highest BCUT2D eigenvalue weighted by atomic mass is 16.3. The highest BCUT2D eigenvalue weighted by Crippen LogP contribution is 2.25. The maximum Gasteiger partial charge on any atom is 0.151 e. The molecule has 2 N–H and O–H groups in total. The third kappa shape index (κ3) is 3.01. The summed E-state index contributed by atoms with van der Waals surface area (Å²) in [5, 5.41) is 21.9. The van der Waals surface area contributed by atoms with Gasteiger partial charge in [-0.15, -0.1) is 10.2 Å². The zero-order valence-corrected chi connectivity index (χ0v) is 12.9. The molecule has 0 radical (unpaired) electrons. The SMILES string of the molecule is CC(C)[C@H]1CN(c2ccc(-c3ncccc3O)nn2)CCN1. The highest BCUT2D eigenvalue weighted by molar-refractivity contribution is 5.62. The van der Waals surface area contributed by atoms with Gasteiger partial charge in [-0.2, -0.15) is 0 Å². The van der Waals surface area contributed by atoms with Crippen molar-refractivity contribution in [2.24, 2.45) is 5.92 Å². The molecule has 1 saturated heterocycles. The van der Waals surface area contributed by atoms with Crippen molar-refractivity contribution >= 4 is 5.82 Å². The van der Waals surface area contributed by atoms with Gasteiger partial charge in [-0.05, 0) is 30.2 Å². The molecule has 22 heavy (non-hydrogen) atoms. The van der Waals surface area contributed by atoms with E-state index in [1.165, 1.54) is 0 Å². The maximum atomic E-state index is 9.83. The first kappa shape index (κ1) is 14.7. The lowest BCUT2D eigenvalue weighted by molar-refractivity contribution is 0.367. The van der Waals surface area contributed by atoms with Gasteiger partial charge in [0, 0.05) is 31.9 Å². The standard InChI is InChI=1S/C16H21N5O/c1-11(2)13-10-21(9-8-17-13)15-6-5-12(19-20-15)16-14(22)4-3-7-18-16/h3-7,11,13,17,22H,8-10H2,1-2H3/t13-/m1/s1. The van der Waals surface area contributed by atoms with E-state index in [1.807, 2.05) is 12.1 Å². The van der Waals surface area contributed by atoms with E-state index in [2.05, 4.69) is 39.2 Å². The molecule has 6 nitrogen and oxygen atoms in total. The lowest BCUT2D eigenvalue weighted by atomic mass is 10.0. The van der Waals surface area contributed by atoms with Crippen molar-refractivity contribution in [3.05, 3.63) is 30.5 Å². The Labute approximate surface area is 130 Å². The summed E-state index contributed by atoms with van der Waals surface area (Å²) in [5.41, 5.74) is 1.04. The lowest BCUT2D eigenvalue weighted by Gasteiger charge is -2.36. The Morgan fingerprint density at radius 3 is 2.82 bits per heavy atom. The van der Waals surface area contributed by atoms with Crippen molar-refractivity contribution in [2.45, 2.75) is 19.9 Å². The van der Waals surface area contributed by atoms with E-state index in [1.54, 1.807) is 18.3 Å². The van der Waals surface area contributed by atoms with E-state index in [0.717, 1.165) is 25.5 Å². The fourth-order valence-electron chi connectivity index (χ4n) is 2.65. The summed E-state index contributed by atoms with van der Waals surface area (Å²) in [5.74, 6) is 1.57. The van der Waals surface area contributed by atoms with Crippen LogP contribution in [-0.4, -0.2) is 46.0 Å². The third-order valence-corrected chi connectivity index (χ3v) is 4.01. The number of rotatable bonds is 3. The molecular formula is C16H21N5O. The Balaban J connectivity index is 1.78. The number of pyridine rings is 1. The van der Waals surface area contributed by atoms with Crippen molar-refractivity contribution in [3.8, 4) is 17.1 Å². The van der Waals surface area contributed by atoms with Gasteiger partial charge in [0.15, 0.2) is 5.82 Å². The quantitative estimate of drug-likeness (QED) is 0.898. The first-order valence-corrected chi connectivity index (χ1v) is 7.61. The Morgan fingerprint density at radius 1 is 1.27 bits per heavy atom. The number of aromatic nitrogens is 3. The molecule has 1 fully saturated rings. The maximum absolute atomic E-state index is 9.83. The summed E-state index contributed by atoms with van der Waals surface area (Å²) < 4.78 is 0. The first-order valence-electron chi connectivity index (χ1n) is 7.61. The Bertz CT molecular complexity index is 629. The number of aromatic hydroxyl groups is 1. The third-order valence-electron chi connectivity index (χ3n) is 4.01. The molecule has 116 valence electrons. The number of nitrogens with one attached hydrogen (secondary N) is 1. The van der Waals surface area contributed by atoms with Crippen LogP contribution in [0.3, 0.4) is 0 Å². The lowest BCUT2D eigenvalue weighted by Crippen LogP contribution is -2.53. The van der Waals surface area contributed by atoms with Crippen molar-refractivity contribution in [3.63, 3.8) is 0 Å². The van der Waals surface area contributed by atoms with Crippen molar-refractivity contribution in [1.82, 2.24) is 20.5 Å². The van der Waals surface area contributed by atoms with Crippen molar-refractivity contribution < 1.29 is 5.11 Å². The molecule has 6 heteroatoms. The molecule has 1 aliphatic heterocycles. The summed E-state index contributed by atoms with van der Waals surface area (Å²) in [6.45, 7) is 7.25. The van der Waals surface area contributed by atoms with Crippen molar-refractivity contribution in [2.75, 3.05) is 24.5 Å². The predicted octanol–water partition coefficient (Wildman–Crippen LogP) is 1.68. The number of nitrogens with zero attached hydrogens (tertiary/aromatic N) is 4. The van der Waals surface area contributed by atoms with E-state index in [0.29, 0.717) is 23.3 Å². The summed E-state index contributed by atoms with van der Waals surface area (Å²) in [6.07, 6.45) is 1.63. The second-order valence-corrected chi connectivity index (χ2v) is 5.90. The smallest absolute Gasteiger partial charge is 0.151 e. The zero-order chi connectivity index (χ0) is 15.5. The predicted molar refractivity (Wildman–Crippen MR) is 85.8 cm³/mol. The van der Waals surface area contributed by atoms with Crippen LogP contribution in [0.5, 0.6) is 5.75 Å². The first-order chi connectivity index (χ1) is 10.6. The second-order valence-electron chi connectivity index (χ2n) is 5.90. The van der Waals surface area contributed by atoms with Crippen LogP contribution in [0.25, 0.3) is 11.4 Å². The summed E-state index contributed by atoms with van der Waals surface area (Å²) in [7, 11) is 0. The molecule has 3 heterocycles. The highest BCUT2D eigenvalue weighted by Gasteiger charge is 2.23. The normalized spacial score (nSPS) is 18.7. The van der Waals surface area contributed by atoms with Crippen LogP contribution >= 0.6 is 0 Å². The van der Waals surface area contributed by atoms with Crippen LogP contribution in [0.4, 0.5) is 5.82 Å². The number of hydrogen-bond acceptors (Lipinski definition) is 6. The van der Waals surface area contributed by atoms with Gasteiger partial charge in [0.1, 0.15) is 17.1 Å². The van der Waals surface area contributed by atoms with Gasteiger partial charge in [-0.3, -0.25) is 4.98 Å². The number of hydrogen-bond donors (Lipinski definition) is 2. The molecule has 2 aromatic rings. The zero-order valence-electron chi connectivity index (χ0n) is 12.9. The fraction of sp³-hybridized carbons (Fsp3) is 0.438. The Kier molecular flexibility index (Phi) is 4.20. The Hall–Kier alpha value is -2.21. The van der Waals surface area contributed by atoms with E-state index in [-0.39, 0.29) is 5.75 Å². The largest absolute Gasteiger partial charge is 0.506 e. The molecule has 0 saturated carbocycles. The van der Waals surface area contributed by atoms with Crippen LogP contribution < -0.4 is 10.2 Å². The topological polar surface area (TPSA) is 74.2 Å². The minimum Gasteiger partial charge on any atom is -0.506 e. The number of piperazine rings is 1. The summed E-state index contributed by atoms with van der Waals surface area (Å²) in [6, 6.07) is 7.56. The van der Waals surface area contributed by atoms with Gasteiger partial charge < -0.3 is 15.3 Å². The molecule has 0 unspecified atom stereocenters. The molecule has 0 aliphatic carbocycles. The average molecular weight is 299 g/mol. The molecule has 0 amide bonds. The summed E-state index contributed by atoms with van der Waals surface area (Å²) >= 11 is 0. The van der Waals surface area contributed by atoms with Crippen molar-refractivity contribution in [1.29, 1.82) is 0 Å². The Morgan fingerprint density at radius 2 is 2.14 bits per heavy atom. The van der Waals surface area contributed by atoms with Crippen LogP contribution in [-0.2, 0) is 0 Å². The average Bonchev–Trinajstić information content (AvgIpc) is 2.56.